The molecule has 1 saturated carbocycles. The SMILES string of the molecule is CCC1CNC2(CCCC2)CN1Cc1ccc(C)c(C)c1. The highest BCUT2D eigenvalue weighted by atomic mass is 15.3. The molecule has 1 aliphatic carbocycles. The van der Waals surface area contributed by atoms with Gasteiger partial charge in [0.25, 0.3) is 0 Å². The lowest BCUT2D eigenvalue weighted by Crippen LogP contribution is -2.62. The highest BCUT2D eigenvalue weighted by Gasteiger charge is 2.40. The summed E-state index contributed by atoms with van der Waals surface area (Å²) in [4.78, 5) is 2.74. The first-order valence-corrected chi connectivity index (χ1v) is 8.67. The number of hydrogen-bond acceptors (Lipinski definition) is 2. The van der Waals surface area contributed by atoms with E-state index in [2.05, 4.69) is 49.2 Å². The van der Waals surface area contributed by atoms with Gasteiger partial charge in [0.15, 0.2) is 0 Å². The van der Waals surface area contributed by atoms with Gasteiger partial charge in [-0.25, -0.2) is 0 Å². The predicted molar refractivity (Wildman–Crippen MR) is 89.6 cm³/mol. The molecule has 0 radical (unpaired) electrons. The van der Waals surface area contributed by atoms with E-state index >= 15 is 0 Å². The maximum absolute atomic E-state index is 3.89. The van der Waals surface area contributed by atoms with Crippen molar-refractivity contribution in [3.05, 3.63) is 34.9 Å². The van der Waals surface area contributed by atoms with E-state index in [9.17, 15) is 0 Å². The van der Waals surface area contributed by atoms with Crippen LogP contribution in [0.25, 0.3) is 0 Å². The summed E-state index contributed by atoms with van der Waals surface area (Å²) in [5.41, 5.74) is 4.72. The fraction of sp³-hybridized carbons (Fsp3) is 0.684. The van der Waals surface area contributed by atoms with Crippen LogP contribution in [-0.2, 0) is 6.54 Å². The van der Waals surface area contributed by atoms with E-state index in [1.165, 1.54) is 61.9 Å². The second-order valence-electron chi connectivity index (χ2n) is 7.25. The number of rotatable bonds is 3. The molecule has 1 aromatic rings. The van der Waals surface area contributed by atoms with Crippen molar-refractivity contribution >= 4 is 0 Å². The first-order valence-electron chi connectivity index (χ1n) is 8.67. The third-order valence-electron chi connectivity index (χ3n) is 5.72. The van der Waals surface area contributed by atoms with Gasteiger partial charge < -0.3 is 5.32 Å². The van der Waals surface area contributed by atoms with Crippen molar-refractivity contribution in [3.63, 3.8) is 0 Å². The molecule has 2 nitrogen and oxygen atoms in total. The van der Waals surface area contributed by atoms with Gasteiger partial charge in [-0.2, -0.15) is 0 Å². The second kappa shape index (κ2) is 6.10. The van der Waals surface area contributed by atoms with Crippen molar-refractivity contribution in [1.82, 2.24) is 10.2 Å². The molecule has 1 atom stereocenters. The summed E-state index contributed by atoms with van der Waals surface area (Å²) in [6.45, 7) is 10.3. The van der Waals surface area contributed by atoms with Gasteiger partial charge in [-0.15, -0.1) is 0 Å². The lowest BCUT2D eigenvalue weighted by Gasteiger charge is -2.46. The molecule has 1 unspecified atom stereocenters. The number of nitrogens with one attached hydrogen (secondary N) is 1. The minimum absolute atomic E-state index is 0.422. The largest absolute Gasteiger partial charge is 0.308 e. The van der Waals surface area contributed by atoms with Gasteiger partial charge in [-0.3, -0.25) is 4.90 Å². The Hall–Kier alpha value is -0.860. The highest BCUT2D eigenvalue weighted by molar-refractivity contribution is 5.30. The van der Waals surface area contributed by atoms with Gasteiger partial charge in [0.2, 0.25) is 0 Å². The molecule has 1 spiro atoms. The van der Waals surface area contributed by atoms with Gasteiger partial charge in [0.1, 0.15) is 0 Å². The number of aryl methyl sites for hydroxylation is 2. The van der Waals surface area contributed by atoms with E-state index in [0.717, 1.165) is 6.54 Å². The van der Waals surface area contributed by atoms with Crippen molar-refractivity contribution in [1.29, 1.82) is 0 Å². The number of piperazine rings is 1. The fourth-order valence-electron chi connectivity index (χ4n) is 4.15. The minimum atomic E-state index is 0.422. The van der Waals surface area contributed by atoms with Crippen LogP contribution in [-0.4, -0.2) is 29.6 Å². The van der Waals surface area contributed by atoms with Crippen LogP contribution in [0.2, 0.25) is 0 Å². The van der Waals surface area contributed by atoms with Gasteiger partial charge >= 0.3 is 0 Å². The Kier molecular flexibility index (Phi) is 4.37. The molecule has 2 aliphatic rings. The second-order valence-corrected chi connectivity index (χ2v) is 7.25. The van der Waals surface area contributed by atoms with Crippen molar-refractivity contribution in [3.8, 4) is 0 Å². The van der Waals surface area contributed by atoms with Crippen molar-refractivity contribution in [2.24, 2.45) is 0 Å². The van der Waals surface area contributed by atoms with E-state index < -0.39 is 0 Å². The summed E-state index contributed by atoms with van der Waals surface area (Å²) in [5, 5.41) is 3.89. The number of nitrogens with zero attached hydrogens (tertiary/aromatic N) is 1. The first kappa shape index (κ1) is 15.1. The molecule has 0 amide bonds. The zero-order valence-electron chi connectivity index (χ0n) is 13.9. The Labute approximate surface area is 129 Å². The van der Waals surface area contributed by atoms with Crippen LogP contribution < -0.4 is 5.32 Å². The molecule has 2 heteroatoms. The zero-order chi connectivity index (χ0) is 14.9. The molecular formula is C19H30N2. The predicted octanol–water partition coefficient (Wildman–Crippen LogP) is 3.80. The van der Waals surface area contributed by atoms with Crippen LogP contribution in [0, 0.1) is 13.8 Å². The van der Waals surface area contributed by atoms with Gasteiger partial charge in [0, 0.05) is 31.2 Å². The maximum Gasteiger partial charge on any atom is 0.0309 e. The van der Waals surface area contributed by atoms with E-state index in [0.29, 0.717) is 11.6 Å². The van der Waals surface area contributed by atoms with E-state index in [-0.39, 0.29) is 0 Å². The van der Waals surface area contributed by atoms with E-state index in [4.69, 9.17) is 0 Å². The van der Waals surface area contributed by atoms with Crippen LogP contribution in [0.3, 0.4) is 0 Å². The van der Waals surface area contributed by atoms with Crippen molar-refractivity contribution in [2.45, 2.75) is 71.0 Å². The fourth-order valence-corrected chi connectivity index (χ4v) is 4.15. The summed E-state index contributed by atoms with van der Waals surface area (Å²) in [5.74, 6) is 0. The molecule has 0 aromatic heterocycles. The normalized spacial score (nSPS) is 25.6. The van der Waals surface area contributed by atoms with Crippen LogP contribution in [0.15, 0.2) is 18.2 Å². The Bertz CT molecular complexity index is 488. The molecule has 3 rings (SSSR count). The number of hydrogen-bond donors (Lipinski definition) is 1. The van der Waals surface area contributed by atoms with Gasteiger partial charge in [0.05, 0.1) is 0 Å². The summed E-state index contributed by atoms with van der Waals surface area (Å²) < 4.78 is 0. The van der Waals surface area contributed by atoms with Gasteiger partial charge in [-0.05, 0) is 49.8 Å². The summed E-state index contributed by atoms with van der Waals surface area (Å²) in [7, 11) is 0. The lowest BCUT2D eigenvalue weighted by atomic mass is 9.91. The van der Waals surface area contributed by atoms with Crippen LogP contribution >= 0.6 is 0 Å². The topological polar surface area (TPSA) is 15.3 Å². The van der Waals surface area contributed by atoms with Crippen LogP contribution in [0.5, 0.6) is 0 Å². The Morgan fingerprint density at radius 3 is 2.62 bits per heavy atom. The average Bonchev–Trinajstić information content (AvgIpc) is 2.91. The molecule has 1 saturated heterocycles. The van der Waals surface area contributed by atoms with E-state index in [1.54, 1.807) is 0 Å². The number of benzene rings is 1. The third kappa shape index (κ3) is 3.17. The molecule has 1 N–H and O–H groups in total. The highest BCUT2D eigenvalue weighted by Crippen LogP contribution is 2.34. The summed E-state index contributed by atoms with van der Waals surface area (Å²) in [6.07, 6.45) is 6.79. The van der Waals surface area contributed by atoms with Gasteiger partial charge in [-0.1, -0.05) is 38.0 Å². The average molecular weight is 286 g/mol. The molecule has 116 valence electrons. The van der Waals surface area contributed by atoms with E-state index in [1.807, 2.05) is 0 Å². The zero-order valence-corrected chi connectivity index (χ0v) is 13.9. The summed E-state index contributed by atoms with van der Waals surface area (Å²) in [6, 6.07) is 7.67. The molecule has 1 aliphatic heterocycles. The van der Waals surface area contributed by atoms with Crippen LogP contribution in [0.1, 0.15) is 55.7 Å². The minimum Gasteiger partial charge on any atom is -0.308 e. The van der Waals surface area contributed by atoms with Crippen LogP contribution in [0.4, 0.5) is 0 Å². The maximum atomic E-state index is 3.89. The van der Waals surface area contributed by atoms with Crippen molar-refractivity contribution in [2.75, 3.05) is 13.1 Å². The molecule has 0 bridgehead atoms. The monoisotopic (exact) mass is 286 g/mol. The molecule has 2 fully saturated rings. The lowest BCUT2D eigenvalue weighted by molar-refractivity contribution is 0.0718. The quantitative estimate of drug-likeness (QED) is 0.909. The first-order chi connectivity index (χ1) is 10.1. The Balaban J connectivity index is 1.75. The molecule has 21 heavy (non-hydrogen) atoms. The summed E-state index contributed by atoms with van der Waals surface area (Å²) >= 11 is 0. The molecule has 1 aromatic carbocycles. The molecular weight excluding hydrogens is 256 g/mol. The standard InChI is InChI=1S/C19H30N2/c1-4-18-12-20-19(9-5-6-10-19)14-21(18)13-17-8-7-15(2)16(3)11-17/h7-8,11,18,20H,4-6,9-10,12-14H2,1-3H3. The smallest absolute Gasteiger partial charge is 0.0309 e. The third-order valence-corrected chi connectivity index (χ3v) is 5.72. The van der Waals surface area contributed by atoms with Crippen molar-refractivity contribution < 1.29 is 0 Å². The Morgan fingerprint density at radius 1 is 1.19 bits per heavy atom. The Morgan fingerprint density at radius 2 is 1.95 bits per heavy atom. The molecule has 1 heterocycles.